The number of aryl methyl sites for hydroxylation is 1. The van der Waals surface area contributed by atoms with Crippen LogP contribution in [0.3, 0.4) is 0 Å². The summed E-state index contributed by atoms with van der Waals surface area (Å²) in [5.74, 6) is 2.08. The van der Waals surface area contributed by atoms with Crippen LogP contribution in [0, 0.1) is 5.92 Å². The number of carbonyl (C=O) groups excluding carboxylic acids is 2. The summed E-state index contributed by atoms with van der Waals surface area (Å²) in [5.41, 5.74) is 2.55. The third-order valence-electron chi connectivity index (χ3n) is 6.96. The van der Waals surface area contributed by atoms with Gasteiger partial charge in [-0.1, -0.05) is 25.7 Å². The van der Waals surface area contributed by atoms with E-state index in [2.05, 4.69) is 9.47 Å². The number of hydrogen-bond acceptors (Lipinski definition) is 4. The standard InChI is InChI=1S/C24H35N5O2/c1-26(2)24(31)19-9-10-21-20(16-19)25-22(27(21)3)17-28-12-14-29(15-13-28)23(30)11-8-18-6-4-5-7-18/h9-10,16,18H,4-8,11-15,17H2,1-3H3. The van der Waals surface area contributed by atoms with Crippen molar-refractivity contribution < 1.29 is 9.59 Å². The molecule has 168 valence electrons. The van der Waals surface area contributed by atoms with Crippen molar-refractivity contribution in [2.45, 2.75) is 45.1 Å². The van der Waals surface area contributed by atoms with Gasteiger partial charge in [0.1, 0.15) is 5.82 Å². The molecule has 7 nitrogen and oxygen atoms in total. The van der Waals surface area contributed by atoms with Gasteiger partial charge in [-0.2, -0.15) is 0 Å². The van der Waals surface area contributed by atoms with Gasteiger partial charge >= 0.3 is 0 Å². The zero-order valence-corrected chi connectivity index (χ0v) is 19.1. The predicted octanol–water partition coefficient (Wildman–Crippen LogP) is 2.89. The molecule has 2 heterocycles. The average molecular weight is 426 g/mol. The van der Waals surface area contributed by atoms with Gasteiger partial charge in [0.2, 0.25) is 5.91 Å². The van der Waals surface area contributed by atoms with E-state index in [1.54, 1.807) is 19.0 Å². The van der Waals surface area contributed by atoms with Gasteiger partial charge in [-0.3, -0.25) is 14.5 Å². The SMILES string of the molecule is CN(C)C(=O)c1ccc2c(c1)nc(CN1CCN(C(=O)CCC3CCCC3)CC1)n2C. The summed E-state index contributed by atoms with van der Waals surface area (Å²) in [7, 11) is 5.55. The van der Waals surface area contributed by atoms with Gasteiger partial charge in [0.25, 0.3) is 5.91 Å². The molecule has 1 aliphatic heterocycles. The first-order chi connectivity index (χ1) is 14.9. The van der Waals surface area contributed by atoms with Gasteiger partial charge < -0.3 is 14.4 Å². The average Bonchev–Trinajstić information content (AvgIpc) is 3.40. The van der Waals surface area contributed by atoms with Gasteiger partial charge in [-0.25, -0.2) is 4.98 Å². The number of rotatable bonds is 6. The number of amides is 2. The number of aromatic nitrogens is 2. The zero-order valence-electron chi connectivity index (χ0n) is 19.1. The molecule has 0 N–H and O–H groups in total. The van der Waals surface area contributed by atoms with Crippen LogP contribution in [0.15, 0.2) is 18.2 Å². The van der Waals surface area contributed by atoms with Crippen molar-refractivity contribution in [3.63, 3.8) is 0 Å². The summed E-state index contributed by atoms with van der Waals surface area (Å²) in [6.07, 6.45) is 7.08. The Labute approximate surface area is 185 Å². The fraction of sp³-hybridized carbons (Fsp3) is 0.625. The van der Waals surface area contributed by atoms with E-state index in [9.17, 15) is 9.59 Å². The minimum atomic E-state index is -0.0113. The van der Waals surface area contributed by atoms with Crippen molar-refractivity contribution in [1.82, 2.24) is 24.3 Å². The van der Waals surface area contributed by atoms with E-state index in [-0.39, 0.29) is 5.91 Å². The van der Waals surface area contributed by atoms with Crippen LogP contribution in [0.1, 0.15) is 54.7 Å². The summed E-state index contributed by atoms with van der Waals surface area (Å²) >= 11 is 0. The van der Waals surface area contributed by atoms with Crippen molar-refractivity contribution in [1.29, 1.82) is 0 Å². The smallest absolute Gasteiger partial charge is 0.253 e. The van der Waals surface area contributed by atoms with Crippen molar-refractivity contribution in [3.05, 3.63) is 29.6 Å². The molecule has 2 aliphatic rings. The summed E-state index contributed by atoms with van der Waals surface area (Å²) in [5, 5.41) is 0. The van der Waals surface area contributed by atoms with Crippen molar-refractivity contribution in [3.8, 4) is 0 Å². The first-order valence-electron chi connectivity index (χ1n) is 11.6. The molecule has 31 heavy (non-hydrogen) atoms. The fourth-order valence-corrected chi connectivity index (χ4v) is 4.92. The third-order valence-corrected chi connectivity index (χ3v) is 6.96. The lowest BCUT2D eigenvalue weighted by molar-refractivity contribution is -0.133. The molecule has 2 amide bonds. The number of nitrogens with zero attached hydrogens (tertiary/aromatic N) is 5. The van der Waals surface area contributed by atoms with E-state index in [0.29, 0.717) is 17.9 Å². The van der Waals surface area contributed by atoms with Crippen molar-refractivity contribution in [2.75, 3.05) is 40.3 Å². The monoisotopic (exact) mass is 425 g/mol. The van der Waals surface area contributed by atoms with Gasteiger partial charge in [0.15, 0.2) is 0 Å². The second kappa shape index (κ2) is 9.39. The molecule has 1 aromatic heterocycles. The van der Waals surface area contributed by atoms with Gasteiger partial charge in [0, 0.05) is 59.3 Å². The van der Waals surface area contributed by atoms with E-state index >= 15 is 0 Å². The molecule has 4 rings (SSSR count). The quantitative estimate of drug-likeness (QED) is 0.714. The Morgan fingerprint density at radius 1 is 1.10 bits per heavy atom. The molecule has 0 unspecified atom stereocenters. The highest BCUT2D eigenvalue weighted by atomic mass is 16.2. The molecule has 1 aromatic carbocycles. The Hall–Kier alpha value is -2.41. The predicted molar refractivity (Wildman–Crippen MR) is 122 cm³/mol. The summed E-state index contributed by atoms with van der Waals surface area (Å²) in [6.45, 7) is 4.11. The number of fused-ring (bicyclic) bond motifs is 1. The van der Waals surface area contributed by atoms with E-state index in [0.717, 1.165) is 61.9 Å². The number of hydrogen-bond donors (Lipinski definition) is 0. The second-order valence-corrected chi connectivity index (χ2v) is 9.34. The third kappa shape index (κ3) is 4.92. The molecule has 0 bridgehead atoms. The molecule has 2 aromatic rings. The number of carbonyl (C=O) groups is 2. The lowest BCUT2D eigenvalue weighted by Crippen LogP contribution is -2.48. The topological polar surface area (TPSA) is 61.7 Å². The fourth-order valence-electron chi connectivity index (χ4n) is 4.92. The number of benzene rings is 1. The highest BCUT2D eigenvalue weighted by Gasteiger charge is 2.24. The van der Waals surface area contributed by atoms with Crippen LogP contribution < -0.4 is 0 Å². The molecule has 0 radical (unpaired) electrons. The second-order valence-electron chi connectivity index (χ2n) is 9.34. The Balaban J connectivity index is 1.33. The summed E-state index contributed by atoms with van der Waals surface area (Å²) < 4.78 is 2.11. The van der Waals surface area contributed by atoms with Gasteiger partial charge in [-0.05, 0) is 30.5 Å². The first-order valence-corrected chi connectivity index (χ1v) is 11.6. The first kappa shape index (κ1) is 21.8. The molecular weight excluding hydrogens is 390 g/mol. The molecule has 2 fully saturated rings. The van der Waals surface area contributed by atoms with Gasteiger partial charge in [0.05, 0.1) is 17.6 Å². The number of imidazole rings is 1. The normalized spacial score (nSPS) is 18.1. The maximum atomic E-state index is 12.6. The molecule has 0 atom stereocenters. The molecule has 7 heteroatoms. The van der Waals surface area contributed by atoms with Crippen LogP contribution in [0.4, 0.5) is 0 Å². The number of piperazine rings is 1. The van der Waals surface area contributed by atoms with Crippen molar-refractivity contribution in [2.24, 2.45) is 13.0 Å². The molecular formula is C24H35N5O2. The van der Waals surface area contributed by atoms with Crippen LogP contribution in [-0.2, 0) is 18.4 Å². The largest absolute Gasteiger partial charge is 0.345 e. The minimum Gasteiger partial charge on any atom is -0.345 e. The van der Waals surface area contributed by atoms with Crippen LogP contribution >= 0.6 is 0 Å². The lowest BCUT2D eigenvalue weighted by Gasteiger charge is -2.34. The van der Waals surface area contributed by atoms with Gasteiger partial charge in [-0.15, -0.1) is 0 Å². The summed E-state index contributed by atoms with van der Waals surface area (Å²) in [6, 6.07) is 5.72. The Morgan fingerprint density at radius 3 is 2.48 bits per heavy atom. The lowest BCUT2D eigenvalue weighted by atomic mass is 10.0. The van der Waals surface area contributed by atoms with E-state index in [1.807, 2.05) is 30.1 Å². The van der Waals surface area contributed by atoms with E-state index in [4.69, 9.17) is 4.98 Å². The Kier molecular flexibility index (Phi) is 6.60. The van der Waals surface area contributed by atoms with Crippen molar-refractivity contribution >= 4 is 22.8 Å². The maximum Gasteiger partial charge on any atom is 0.253 e. The summed E-state index contributed by atoms with van der Waals surface area (Å²) in [4.78, 5) is 35.6. The maximum absolute atomic E-state index is 12.6. The molecule has 1 saturated heterocycles. The van der Waals surface area contributed by atoms with E-state index < -0.39 is 0 Å². The molecule has 1 aliphatic carbocycles. The highest BCUT2D eigenvalue weighted by Crippen LogP contribution is 2.28. The van der Waals surface area contributed by atoms with Crippen LogP contribution in [0.5, 0.6) is 0 Å². The molecule has 1 saturated carbocycles. The highest BCUT2D eigenvalue weighted by molar-refractivity contribution is 5.97. The Bertz CT molecular complexity index is 937. The van der Waals surface area contributed by atoms with Crippen LogP contribution in [0.25, 0.3) is 11.0 Å². The van der Waals surface area contributed by atoms with Crippen LogP contribution in [0.2, 0.25) is 0 Å². The minimum absolute atomic E-state index is 0.0113. The molecule has 0 spiro atoms. The van der Waals surface area contributed by atoms with E-state index in [1.165, 1.54) is 25.7 Å². The zero-order chi connectivity index (χ0) is 22.0. The van der Waals surface area contributed by atoms with Crippen LogP contribution in [-0.4, -0.2) is 76.3 Å². The Morgan fingerprint density at radius 2 is 1.81 bits per heavy atom.